The SMILES string of the molecule is CCCNc1cccc(NC(=O)C2CC2)c1. The maximum absolute atomic E-state index is 11.6. The number of hydrogen-bond donors (Lipinski definition) is 2. The molecule has 0 aromatic heterocycles. The summed E-state index contributed by atoms with van der Waals surface area (Å²) in [7, 11) is 0. The van der Waals surface area contributed by atoms with Gasteiger partial charge in [0.05, 0.1) is 0 Å². The van der Waals surface area contributed by atoms with Gasteiger partial charge in [-0.2, -0.15) is 0 Å². The molecular formula is C13H18N2O. The summed E-state index contributed by atoms with van der Waals surface area (Å²) < 4.78 is 0. The average molecular weight is 218 g/mol. The number of carbonyl (C=O) groups excluding carboxylic acids is 1. The summed E-state index contributed by atoms with van der Waals surface area (Å²) in [6.07, 6.45) is 3.18. The Morgan fingerprint density at radius 3 is 2.81 bits per heavy atom. The van der Waals surface area contributed by atoms with Crippen LogP contribution in [0.15, 0.2) is 24.3 Å². The van der Waals surface area contributed by atoms with E-state index in [-0.39, 0.29) is 11.8 Å². The highest BCUT2D eigenvalue weighted by atomic mass is 16.2. The lowest BCUT2D eigenvalue weighted by Gasteiger charge is -2.08. The van der Waals surface area contributed by atoms with Gasteiger partial charge >= 0.3 is 0 Å². The number of nitrogens with one attached hydrogen (secondary N) is 2. The number of anilines is 2. The lowest BCUT2D eigenvalue weighted by molar-refractivity contribution is -0.117. The van der Waals surface area contributed by atoms with Crippen molar-refractivity contribution in [1.29, 1.82) is 0 Å². The van der Waals surface area contributed by atoms with Gasteiger partial charge in [-0.3, -0.25) is 4.79 Å². The Balaban J connectivity index is 1.95. The summed E-state index contributed by atoms with van der Waals surface area (Å²) in [5.41, 5.74) is 1.95. The fraction of sp³-hybridized carbons (Fsp3) is 0.462. The second-order valence-corrected chi connectivity index (χ2v) is 4.27. The van der Waals surface area contributed by atoms with Crippen molar-refractivity contribution in [3.05, 3.63) is 24.3 Å². The van der Waals surface area contributed by atoms with Crippen molar-refractivity contribution in [2.24, 2.45) is 5.92 Å². The van der Waals surface area contributed by atoms with Crippen LogP contribution in [0.1, 0.15) is 26.2 Å². The first kappa shape index (κ1) is 11.0. The molecular weight excluding hydrogens is 200 g/mol. The monoisotopic (exact) mass is 218 g/mol. The molecule has 16 heavy (non-hydrogen) atoms. The zero-order valence-corrected chi connectivity index (χ0v) is 9.62. The first-order valence-corrected chi connectivity index (χ1v) is 5.94. The Kier molecular flexibility index (Phi) is 3.44. The fourth-order valence-corrected chi connectivity index (χ4v) is 1.57. The summed E-state index contributed by atoms with van der Waals surface area (Å²) in [5, 5.41) is 6.24. The summed E-state index contributed by atoms with van der Waals surface area (Å²) in [4.78, 5) is 11.6. The molecule has 0 heterocycles. The molecule has 1 aromatic carbocycles. The molecule has 0 spiro atoms. The third-order valence-corrected chi connectivity index (χ3v) is 2.66. The summed E-state index contributed by atoms with van der Waals surface area (Å²) in [6.45, 7) is 3.09. The van der Waals surface area contributed by atoms with E-state index in [0.717, 1.165) is 37.2 Å². The van der Waals surface area contributed by atoms with Gasteiger partial charge in [0.1, 0.15) is 0 Å². The van der Waals surface area contributed by atoms with Crippen molar-refractivity contribution < 1.29 is 4.79 Å². The van der Waals surface area contributed by atoms with Crippen molar-refractivity contribution >= 4 is 17.3 Å². The van der Waals surface area contributed by atoms with Gasteiger partial charge in [0.15, 0.2) is 0 Å². The predicted octanol–water partition coefficient (Wildman–Crippen LogP) is 2.86. The van der Waals surface area contributed by atoms with Crippen molar-refractivity contribution in [2.75, 3.05) is 17.2 Å². The molecule has 2 N–H and O–H groups in total. The van der Waals surface area contributed by atoms with Gasteiger partial charge in [-0.05, 0) is 37.5 Å². The molecule has 0 unspecified atom stereocenters. The summed E-state index contributed by atoms with van der Waals surface area (Å²) in [5.74, 6) is 0.417. The Bertz CT molecular complexity index is 372. The molecule has 1 aliphatic rings. The Morgan fingerprint density at radius 1 is 1.38 bits per heavy atom. The molecule has 0 aliphatic heterocycles. The lowest BCUT2D eigenvalue weighted by atomic mass is 10.2. The highest BCUT2D eigenvalue weighted by Gasteiger charge is 2.29. The van der Waals surface area contributed by atoms with Crippen LogP contribution in [-0.2, 0) is 4.79 Å². The molecule has 1 aliphatic carbocycles. The zero-order valence-electron chi connectivity index (χ0n) is 9.62. The fourth-order valence-electron chi connectivity index (χ4n) is 1.57. The second-order valence-electron chi connectivity index (χ2n) is 4.27. The molecule has 0 bridgehead atoms. The summed E-state index contributed by atoms with van der Waals surface area (Å²) in [6, 6.07) is 7.89. The summed E-state index contributed by atoms with van der Waals surface area (Å²) >= 11 is 0. The smallest absolute Gasteiger partial charge is 0.227 e. The minimum absolute atomic E-state index is 0.160. The number of amides is 1. The minimum Gasteiger partial charge on any atom is -0.385 e. The average Bonchev–Trinajstić information content (AvgIpc) is 3.10. The molecule has 3 heteroatoms. The van der Waals surface area contributed by atoms with Gasteiger partial charge in [0.2, 0.25) is 5.91 Å². The largest absolute Gasteiger partial charge is 0.385 e. The van der Waals surface area contributed by atoms with Crippen molar-refractivity contribution in [2.45, 2.75) is 26.2 Å². The molecule has 1 saturated carbocycles. The molecule has 3 nitrogen and oxygen atoms in total. The van der Waals surface area contributed by atoms with Gasteiger partial charge in [0.25, 0.3) is 0 Å². The van der Waals surface area contributed by atoms with Gasteiger partial charge < -0.3 is 10.6 Å². The van der Waals surface area contributed by atoms with Gasteiger partial charge in [-0.25, -0.2) is 0 Å². The molecule has 1 amide bonds. The highest BCUT2D eigenvalue weighted by molar-refractivity contribution is 5.94. The van der Waals surface area contributed by atoms with Crippen LogP contribution in [0, 0.1) is 5.92 Å². The van der Waals surface area contributed by atoms with Crippen LogP contribution in [0.4, 0.5) is 11.4 Å². The van der Waals surface area contributed by atoms with Crippen LogP contribution in [0.2, 0.25) is 0 Å². The molecule has 0 saturated heterocycles. The lowest BCUT2D eigenvalue weighted by Crippen LogP contribution is -2.13. The molecule has 86 valence electrons. The maximum atomic E-state index is 11.6. The van der Waals surface area contributed by atoms with Crippen LogP contribution in [-0.4, -0.2) is 12.5 Å². The van der Waals surface area contributed by atoms with Crippen LogP contribution >= 0.6 is 0 Å². The van der Waals surface area contributed by atoms with E-state index in [0.29, 0.717) is 0 Å². The van der Waals surface area contributed by atoms with E-state index in [2.05, 4.69) is 17.6 Å². The molecule has 2 rings (SSSR count). The first-order chi connectivity index (χ1) is 7.79. The van der Waals surface area contributed by atoms with Crippen molar-refractivity contribution in [1.82, 2.24) is 0 Å². The minimum atomic E-state index is 0.160. The number of rotatable bonds is 5. The van der Waals surface area contributed by atoms with Crippen LogP contribution < -0.4 is 10.6 Å². The maximum Gasteiger partial charge on any atom is 0.227 e. The number of benzene rings is 1. The van der Waals surface area contributed by atoms with E-state index in [1.807, 2.05) is 24.3 Å². The van der Waals surface area contributed by atoms with Crippen molar-refractivity contribution in [3.63, 3.8) is 0 Å². The van der Waals surface area contributed by atoms with Crippen molar-refractivity contribution in [3.8, 4) is 0 Å². The highest BCUT2D eigenvalue weighted by Crippen LogP contribution is 2.30. The van der Waals surface area contributed by atoms with Gasteiger partial charge in [0, 0.05) is 23.8 Å². The zero-order chi connectivity index (χ0) is 11.4. The number of carbonyl (C=O) groups is 1. The second kappa shape index (κ2) is 5.01. The van der Waals surface area contributed by atoms with E-state index >= 15 is 0 Å². The van der Waals surface area contributed by atoms with Crippen LogP contribution in [0.25, 0.3) is 0 Å². The van der Waals surface area contributed by atoms with E-state index in [4.69, 9.17) is 0 Å². The standard InChI is InChI=1S/C13H18N2O/c1-2-8-14-11-4-3-5-12(9-11)15-13(16)10-6-7-10/h3-5,9-10,14H,2,6-8H2,1H3,(H,15,16). The quantitative estimate of drug-likeness (QED) is 0.798. The normalized spacial score (nSPS) is 14.6. The van der Waals surface area contributed by atoms with Gasteiger partial charge in [-0.15, -0.1) is 0 Å². The topological polar surface area (TPSA) is 41.1 Å². The Morgan fingerprint density at radius 2 is 2.12 bits per heavy atom. The van der Waals surface area contributed by atoms with Crippen LogP contribution in [0.3, 0.4) is 0 Å². The third-order valence-electron chi connectivity index (χ3n) is 2.66. The molecule has 0 atom stereocenters. The third kappa shape index (κ3) is 2.99. The van der Waals surface area contributed by atoms with Gasteiger partial charge in [-0.1, -0.05) is 13.0 Å². The molecule has 1 aromatic rings. The Labute approximate surface area is 96.2 Å². The predicted molar refractivity (Wildman–Crippen MR) is 66.6 cm³/mol. The van der Waals surface area contributed by atoms with Crippen LogP contribution in [0.5, 0.6) is 0 Å². The first-order valence-electron chi connectivity index (χ1n) is 5.94. The van der Waals surface area contributed by atoms with E-state index in [9.17, 15) is 4.79 Å². The Hall–Kier alpha value is -1.51. The van der Waals surface area contributed by atoms with E-state index in [1.54, 1.807) is 0 Å². The van der Waals surface area contributed by atoms with E-state index in [1.165, 1.54) is 0 Å². The number of hydrogen-bond acceptors (Lipinski definition) is 2. The molecule has 0 radical (unpaired) electrons. The molecule has 1 fully saturated rings. The van der Waals surface area contributed by atoms with E-state index < -0.39 is 0 Å².